The zero-order valence-electron chi connectivity index (χ0n) is 17.0. The molecule has 0 amide bonds. The lowest BCUT2D eigenvalue weighted by atomic mass is 10.0. The number of aromatic amines is 1. The minimum Gasteiger partial charge on any atom is -0.772 e. The van der Waals surface area contributed by atoms with Gasteiger partial charge in [0.2, 0.25) is 0 Å². The summed E-state index contributed by atoms with van der Waals surface area (Å²) in [5.74, 6) is 0.340. The van der Waals surface area contributed by atoms with Crippen molar-refractivity contribution in [2.24, 2.45) is 0 Å². The molecule has 1 unspecified atom stereocenters. The van der Waals surface area contributed by atoms with Crippen LogP contribution in [0.2, 0.25) is 0 Å². The van der Waals surface area contributed by atoms with Crippen LogP contribution in [0.1, 0.15) is 19.4 Å². The van der Waals surface area contributed by atoms with Gasteiger partial charge in [-0.1, -0.05) is 41.4 Å². The number of aromatic nitrogens is 4. The second kappa shape index (κ2) is 8.75. The number of H-pyrrole nitrogens is 1. The topological polar surface area (TPSA) is 124 Å². The molecule has 4 aromatic rings. The molecule has 0 saturated heterocycles. The number of hydrogen-bond acceptors (Lipinski definition) is 7. The van der Waals surface area contributed by atoms with Gasteiger partial charge in [0.15, 0.2) is 11.5 Å². The molecule has 2 aromatic carbocycles. The summed E-state index contributed by atoms with van der Waals surface area (Å²) in [5.41, 5.74) is 4.26. The predicted molar refractivity (Wildman–Crippen MR) is 120 cm³/mol. The van der Waals surface area contributed by atoms with Crippen LogP contribution >= 0.6 is 0 Å². The first kappa shape index (κ1) is 20.8. The lowest BCUT2D eigenvalue weighted by Crippen LogP contribution is -2.14. The molecule has 158 valence electrons. The molecule has 2 heterocycles. The van der Waals surface area contributed by atoms with Gasteiger partial charge in [0, 0.05) is 29.4 Å². The second-order valence-electron chi connectivity index (χ2n) is 7.38. The molecule has 0 aliphatic heterocycles. The van der Waals surface area contributed by atoms with Gasteiger partial charge in [-0.05, 0) is 42.7 Å². The van der Waals surface area contributed by atoms with Gasteiger partial charge < -0.3 is 14.9 Å². The monoisotopic (exact) mass is 434 g/mol. The fraction of sp³-hybridized carbons (Fsp3) is 0.182. The number of fused-ring (bicyclic) bond motifs is 1. The molecule has 2 aromatic heterocycles. The van der Waals surface area contributed by atoms with Crippen LogP contribution in [0, 0.1) is 0 Å². The molecule has 0 aliphatic rings. The molecule has 1 atom stereocenters. The predicted octanol–water partition coefficient (Wildman–Crippen LogP) is 3.25. The molecule has 0 spiro atoms. The Balaban J connectivity index is 1.79. The Morgan fingerprint density at radius 1 is 1.06 bits per heavy atom. The number of rotatable bonds is 6. The van der Waals surface area contributed by atoms with Gasteiger partial charge in [0.1, 0.15) is 0 Å². The number of nitrogens with one attached hydrogen (secondary N) is 2. The van der Waals surface area contributed by atoms with Crippen molar-refractivity contribution in [1.82, 2.24) is 20.2 Å². The smallest absolute Gasteiger partial charge is 0.251 e. The largest absolute Gasteiger partial charge is 0.772 e. The third-order valence-corrected chi connectivity index (χ3v) is 5.23. The molecule has 2 N–H and O–H groups in total. The fourth-order valence-corrected chi connectivity index (χ4v) is 3.77. The molecular weight excluding hydrogens is 414 g/mol. The summed E-state index contributed by atoms with van der Waals surface area (Å²) >= 11 is -2.12. The van der Waals surface area contributed by atoms with Crippen molar-refractivity contribution in [1.29, 1.82) is 0 Å². The van der Waals surface area contributed by atoms with E-state index >= 15 is 0 Å². The van der Waals surface area contributed by atoms with E-state index in [1.54, 1.807) is 12.1 Å². The molecule has 8 nitrogen and oxygen atoms in total. The summed E-state index contributed by atoms with van der Waals surface area (Å²) in [6.45, 7) is 4.03. The molecule has 0 radical (unpaired) electrons. The first-order valence-corrected chi connectivity index (χ1v) is 10.9. The maximum Gasteiger partial charge on any atom is 0.251 e. The average molecular weight is 435 g/mol. The van der Waals surface area contributed by atoms with Crippen LogP contribution in [-0.2, 0) is 16.8 Å². The minimum absolute atomic E-state index is 0.00784. The van der Waals surface area contributed by atoms with E-state index in [9.17, 15) is 13.6 Å². The van der Waals surface area contributed by atoms with Crippen LogP contribution in [-0.4, -0.2) is 35.0 Å². The van der Waals surface area contributed by atoms with Crippen LogP contribution in [0.15, 0.2) is 59.5 Å². The summed E-state index contributed by atoms with van der Waals surface area (Å²) in [7, 11) is 0. The van der Waals surface area contributed by atoms with Gasteiger partial charge in [-0.3, -0.25) is 9.00 Å². The van der Waals surface area contributed by atoms with Crippen LogP contribution in [0.5, 0.6) is 0 Å². The van der Waals surface area contributed by atoms with Crippen molar-refractivity contribution in [2.75, 3.05) is 5.32 Å². The van der Waals surface area contributed by atoms with Gasteiger partial charge in [-0.25, -0.2) is 4.98 Å². The highest BCUT2D eigenvalue weighted by atomic mass is 32.2. The third-order valence-electron chi connectivity index (χ3n) is 4.66. The SMILES string of the molecule is CC(C)Nc1c(-c2nccc(=O)[nH]2)nnc2cc(-c3ccc(CS(=O)[O-])cc3)ccc12. The van der Waals surface area contributed by atoms with E-state index in [2.05, 4.69) is 25.5 Å². The Labute approximate surface area is 181 Å². The number of anilines is 1. The molecule has 4 rings (SSSR count). The lowest BCUT2D eigenvalue weighted by Gasteiger charge is -2.16. The molecule has 0 aliphatic carbocycles. The molecule has 0 bridgehead atoms. The second-order valence-corrected chi connectivity index (χ2v) is 8.28. The number of hydrogen-bond donors (Lipinski definition) is 2. The van der Waals surface area contributed by atoms with E-state index in [1.165, 1.54) is 12.3 Å². The molecule has 0 saturated carbocycles. The molecule has 0 fully saturated rings. The zero-order valence-corrected chi connectivity index (χ0v) is 17.8. The average Bonchev–Trinajstić information content (AvgIpc) is 2.73. The highest BCUT2D eigenvalue weighted by Gasteiger charge is 2.16. The maximum absolute atomic E-state index is 11.7. The molecule has 9 heteroatoms. The first-order chi connectivity index (χ1) is 14.9. The zero-order chi connectivity index (χ0) is 22.0. The van der Waals surface area contributed by atoms with Crippen molar-refractivity contribution in [3.63, 3.8) is 0 Å². The van der Waals surface area contributed by atoms with Crippen molar-refractivity contribution in [3.05, 3.63) is 70.6 Å². The lowest BCUT2D eigenvalue weighted by molar-refractivity contribution is 0.536. The fourth-order valence-electron chi connectivity index (χ4n) is 3.31. The summed E-state index contributed by atoms with van der Waals surface area (Å²) in [4.78, 5) is 18.7. The summed E-state index contributed by atoms with van der Waals surface area (Å²) in [5, 5.41) is 13.0. The Bertz CT molecular complexity index is 1320. The Morgan fingerprint density at radius 3 is 2.48 bits per heavy atom. The quantitative estimate of drug-likeness (QED) is 0.446. The van der Waals surface area contributed by atoms with E-state index in [1.807, 2.05) is 44.2 Å². The normalized spacial score (nSPS) is 12.3. The van der Waals surface area contributed by atoms with Gasteiger partial charge in [-0.15, -0.1) is 10.2 Å². The van der Waals surface area contributed by atoms with Gasteiger partial charge >= 0.3 is 0 Å². The highest BCUT2D eigenvalue weighted by molar-refractivity contribution is 7.78. The van der Waals surface area contributed by atoms with Crippen LogP contribution in [0.4, 0.5) is 5.69 Å². The Morgan fingerprint density at radius 2 is 1.81 bits per heavy atom. The Hall–Kier alpha value is -3.43. The third kappa shape index (κ3) is 4.68. The number of benzene rings is 2. The summed E-state index contributed by atoms with van der Waals surface area (Å²) in [6, 6.07) is 14.7. The van der Waals surface area contributed by atoms with Crippen molar-refractivity contribution in [3.8, 4) is 22.6 Å². The summed E-state index contributed by atoms with van der Waals surface area (Å²) < 4.78 is 21.8. The van der Waals surface area contributed by atoms with Gasteiger partial charge in [0.25, 0.3) is 5.56 Å². The van der Waals surface area contributed by atoms with Gasteiger partial charge in [-0.2, -0.15) is 0 Å². The van der Waals surface area contributed by atoms with Gasteiger partial charge in [0.05, 0.1) is 11.2 Å². The highest BCUT2D eigenvalue weighted by Crippen LogP contribution is 2.32. The van der Waals surface area contributed by atoms with E-state index in [0.717, 1.165) is 27.8 Å². The van der Waals surface area contributed by atoms with Crippen LogP contribution in [0.3, 0.4) is 0 Å². The van der Waals surface area contributed by atoms with Crippen molar-refractivity contribution in [2.45, 2.75) is 25.6 Å². The molecular formula is C22H20N5O3S-. The maximum atomic E-state index is 11.7. The molecule has 31 heavy (non-hydrogen) atoms. The first-order valence-electron chi connectivity index (χ1n) is 9.68. The van der Waals surface area contributed by atoms with Crippen molar-refractivity contribution < 1.29 is 8.76 Å². The number of nitrogens with zero attached hydrogens (tertiary/aromatic N) is 3. The van der Waals surface area contributed by atoms with Crippen LogP contribution in [0.25, 0.3) is 33.5 Å². The minimum atomic E-state index is -2.12. The van der Waals surface area contributed by atoms with E-state index < -0.39 is 11.1 Å². The van der Waals surface area contributed by atoms with E-state index in [4.69, 9.17) is 0 Å². The van der Waals surface area contributed by atoms with Crippen molar-refractivity contribution >= 4 is 27.7 Å². The van der Waals surface area contributed by atoms with E-state index in [-0.39, 0.29) is 17.4 Å². The Kier molecular flexibility index (Phi) is 5.88. The summed E-state index contributed by atoms with van der Waals surface area (Å²) in [6.07, 6.45) is 1.44. The standard InChI is InChI=1S/C22H21N5O3S/c1-13(2)24-20-17-8-7-16(15-5-3-14(4-6-15)12-31(29)30)11-18(17)26-27-21(20)22-23-10-9-19(28)25-22/h3-11,13H,12H2,1-2H3,(H,24,26)(H,29,30)(H,23,25,28)/p-1. The van der Waals surface area contributed by atoms with Crippen LogP contribution < -0.4 is 10.9 Å². The van der Waals surface area contributed by atoms with E-state index in [0.29, 0.717) is 17.0 Å².